The van der Waals surface area contributed by atoms with Gasteiger partial charge in [-0.1, -0.05) is 29.3 Å². The molecule has 0 unspecified atom stereocenters. The molecule has 0 saturated carbocycles. The first-order valence-corrected chi connectivity index (χ1v) is 8.05. The van der Waals surface area contributed by atoms with Gasteiger partial charge in [-0.2, -0.15) is 0 Å². The SMILES string of the molecule is CCCc1cc(OCc2cc(F)ccc2Br)c(C(=O)O)s1. The largest absolute Gasteiger partial charge is 0.487 e. The number of hydrogen-bond acceptors (Lipinski definition) is 3. The monoisotopic (exact) mass is 372 g/mol. The summed E-state index contributed by atoms with van der Waals surface area (Å²) in [5.41, 5.74) is 0.634. The van der Waals surface area contributed by atoms with Gasteiger partial charge in [0, 0.05) is 14.9 Å². The van der Waals surface area contributed by atoms with Crippen molar-refractivity contribution in [1.82, 2.24) is 0 Å². The minimum atomic E-state index is -1.00. The molecule has 0 aliphatic carbocycles. The van der Waals surface area contributed by atoms with Crippen LogP contribution in [0.15, 0.2) is 28.7 Å². The highest BCUT2D eigenvalue weighted by molar-refractivity contribution is 9.10. The van der Waals surface area contributed by atoms with Crippen molar-refractivity contribution in [1.29, 1.82) is 0 Å². The van der Waals surface area contributed by atoms with Crippen LogP contribution < -0.4 is 4.74 Å². The Bertz CT molecular complexity index is 654. The molecule has 112 valence electrons. The molecule has 0 saturated heterocycles. The van der Waals surface area contributed by atoms with Gasteiger partial charge >= 0.3 is 5.97 Å². The second kappa shape index (κ2) is 7.04. The first-order valence-electron chi connectivity index (χ1n) is 6.44. The highest BCUT2D eigenvalue weighted by atomic mass is 79.9. The Morgan fingerprint density at radius 1 is 1.43 bits per heavy atom. The zero-order valence-corrected chi connectivity index (χ0v) is 13.8. The Kier molecular flexibility index (Phi) is 5.36. The van der Waals surface area contributed by atoms with Gasteiger partial charge in [0.1, 0.15) is 18.2 Å². The van der Waals surface area contributed by atoms with Gasteiger partial charge in [0.15, 0.2) is 4.88 Å². The van der Waals surface area contributed by atoms with E-state index in [9.17, 15) is 14.3 Å². The maximum atomic E-state index is 13.2. The summed E-state index contributed by atoms with van der Waals surface area (Å²) < 4.78 is 19.5. The lowest BCUT2D eigenvalue weighted by Gasteiger charge is -2.07. The number of ether oxygens (including phenoxy) is 1. The number of carbonyl (C=O) groups is 1. The number of benzene rings is 1. The second-order valence-electron chi connectivity index (χ2n) is 4.49. The summed E-state index contributed by atoms with van der Waals surface area (Å²) >= 11 is 4.55. The van der Waals surface area contributed by atoms with Gasteiger partial charge < -0.3 is 9.84 Å². The van der Waals surface area contributed by atoms with Crippen molar-refractivity contribution in [2.24, 2.45) is 0 Å². The summed E-state index contributed by atoms with van der Waals surface area (Å²) in [5.74, 6) is -1.02. The minimum Gasteiger partial charge on any atom is -0.487 e. The van der Waals surface area contributed by atoms with Crippen molar-refractivity contribution in [3.8, 4) is 5.75 Å². The van der Waals surface area contributed by atoms with Crippen LogP contribution in [-0.4, -0.2) is 11.1 Å². The smallest absolute Gasteiger partial charge is 0.349 e. The predicted octanol–water partition coefficient (Wildman–Crippen LogP) is 4.88. The maximum absolute atomic E-state index is 13.2. The van der Waals surface area contributed by atoms with Crippen molar-refractivity contribution in [2.75, 3.05) is 0 Å². The van der Waals surface area contributed by atoms with E-state index >= 15 is 0 Å². The summed E-state index contributed by atoms with van der Waals surface area (Å²) in [4.78, 5) is 12.4. The Morgan fingerprint density at radius 2 is 2.19 bits per heavy atom. The van der Waals surface area contributed by atoms with E-state index in [1.165, 1.54) is 23.5 Å². The number of thiophene rings is 1. The molecule has 1 aromatic heterocycles. The van der Waals surface area contributed by atoms with Gasteiger partial charge in [-0.05, 0) is 30.7 Å². The van der Waals surface area contributed by atoms with Crippen molar-refractivity contribution in [3.05, 3.63) is 49.9 Å². The van der Waals surface area contributed by atoms with E-state index in [2.05, 4.69) is 15.9 Å². The summed E-state index contributed by atoms with van der Waals surface area (Å²) in [6, 6.07) is 6.07. The van der Waals surface area contributed by atoms with Crippen molar-refractivity contribution < 1.29 is 19.0 Å². The van der Waals surface area contributed by atoms with Crippen LogP contribution in [-0.2, 0) is 13.0 Å². The maximum Gasteiger partial charge on any atom is 0.349 e. The van der Waals surface area contributed by atoms with Crippen LogP contribution in [0.2, 0.25) is 0 Å². The van der Waals surface area contributed by atoms with E-state index in [4.69, 9.17) is 4.74 Å². The highest BCUT2D eigenvalue weighted by Gasteiger charge is 2.17. The van der Waals surface area contributed by atoms with Gasteiger partial charge in [-0.3, -0.25) is 0 Å². The molecule has 0 atom stereocenters. The van der Waals surface area contributed by atoms with Crippen LogP contribution in [0.3, 0.4) is 0 Å². The predicted molar refractivity (Wildman–Crippen MR) is 83.7 cm³/mol. The fourth-order valence-electron chi connectivity index (χ4n) is 1.86. The van der Waals surface area contributed by atoms with Gasteiger partial charge in [0.25, 0.3) is 0 Å². The Morgan fingerprint density at radius 3 is 2.86 bits per heavy atom. The van der Waals surface area contributed by atoms with Crippen LogP contribution in [0, 0.1) is 5.82 Å². The number of aryl methyl sites for hydroxylation is 1. The first-order chi connectivity index (χ1) is 10.0. The summed E-state index contributed by atoms with van der Waals surface area (Å²) in [6.45, 7) is 2.14. The highest BCUT2D eigenvalue weighted by Crippen LogP contribution is 2.31. The molecule has 3 nitrogen and oxygen atoms in total. The Balaban J connectivity index is 2.18. The third-order valence-corrected chi connectivity index (χ3v) is 4.77. The molecule has 1 aromatic carbocycles. The van der Waals surface area contributed by atoms with E-state index in [1.54, 1.807) is 12.1 Å². The topological polar surface area (TPSA) is 46.5 Å². The second-order valence-corrected chi connectivity index (χ2v) is 6.48. The lowest BCUT2D eigenvalue weighted by Crippen LogP contribution is -2.01. The summed E-state index contributed by atoms with van der Waals surface area (Å²) in [6.07, 6.45) is 1.76. The molecule has 0 amide bonds. The molecule has 0 aliphatic rings. The van der Waals surface area contributed by atoms with Crippen LogP contribution in [0.25, 0.3) is 0 Å². The summed E-state index contributed by atoms with van der Waals surface area (Å²) in [5, 5.41) is 9.20. The summed E-state index contributed by atoms with van der Waals surface area (Å²) in [7, 11) is 0. The minimum absolute atomic E-state index is 0.112. The molecule has 0 fully saturated rings. The number of hydrogen-bond donors (Lipinski definition) is 1. The number of carboxylic acid groups (broad SMARTS) is 1. The number of halogens is 2. The molecule has 0 bridgehead atoms. The Hall–Kier alpha value is -1.40. The van der Waals surface area contributed by atoms with Crippen molar-refractivity contribution >= 4 is 33.2 Å². The molecule has 0 aliphatic heterocycles. The quantitative estimate of drug-likeness (QED) is 0.785. The Labute approximate surface area is 134 Å². The van der Waals surface area contributed by atoms with Crippen LogP contribution in [0.1, 0.15) is 33.5 Å². The standard InChI is InChI=1S/C15H14BrFO3S/c1-2-3-11-7-13(14(21-11)15(18)19)20-8-9-6-10(17)4-5-12(9)16/h4-7H,2-3,8H2,1H3,(H,18,19). The molecule has 0 spiro atoms. The van der Waals surface area contributed by atoms with Crippen molar-refractivity contribution in [3.63, 3.8) is 0 Å². The van der Waals surface area contributed by atoms with E-state index < -0.39 is 5.97 Å². The van der Waals surface area contributed by atoms with E-state index in [0.717, 1.165) is 22.2 Å². The lowest BCUT2D eigenvalue weighted by molar-refractivity contribution is 0.0697. The zero-order valence-electron chi connectivity index (χ0n) is 11.4. The van der Waals surface area contributed by atoms with E-state index in [-0.39, 0.29) is 17.3 Å². The zero-order chi connectivity index (χ0) is 15.4. The van der Waals surface area contributed by atoms with Crippen LogP contribution >= 0.6 is 27.3 Å². The van der Waals surface area contributed by atoms with E-state index in [0.29, 0.717) is 11.3 Å². The molecule has 1 N–H and O–H groups in total. The normalized spacial score (nSPS) is 10.6. The molecule has 2 rings (SSSR count). The fraction of sp³-hybridized carbons (Fsp3) is 0.267. The number of carboxylic acids is 1. The molecule has 1 heterocycles. The van der Waals surface area contributed by atoms with Gasteiger partial charge in [0.2, 0.25) is 0 Å². The van der Waals surface area contributed by atoms with Gasteiger partial charge in [-0.15, -0.1) is 11.3 Å². The van der Waals surface area contributed by atoms with Gasteiger partial charge in [-0.25, -0.2) is 9.18 Å². The lowest BCUT2D eigenvalue weighted by atomic mass is 10.2. The van der Waals surface area contributed by atoms with Crippen molar-refractivity contribution in [2.45, 2.75) is 26.4 Å². The third-order valence-electron chi connectivity index (χ3n) is 2.83. The third kappa shape index (κ3) is 4.04. The van der Waals surface area contributed by atoms with Gasteiger partial charge in [0.05, 0.1) is 0 Å². The average molecular weight is 373 g/mol. The number of rotatable bonds is 6. The fourth-order valence-corrected chi connectivity index (χ4v) is 3.26. The molecule has 0 radical (unpaired) electrons. The molecule has 21 heavy (non-hydrogen) atoms. The first kappa shape index (κ1) is 16.0. The van der Waals surface area contributed by atoms with Crippen LogP contribution in [0.5, 0.6) is 5.75 Å². The molecular formula is C15H14BrFO3S. The molecule has 2 aromatic rings. The molecule has 6 heteroatoms. The molecular weight excluding hydrogens is 359 g/mol. The average Bonchev–Trinajstić information content (AvgIpc) is 2.83. The van der Waals surface area contributed by atoms with Crippen LogP contribution in [0.4, 0.5) is 4.39 Å². The van der Waals surface area contributed by atoms with E-state index in [1.807, 2.05) is 6.92 Å². The number of aromatic carboxylic acids is 1.